The van der Waals surface area contributed by atoms with Crippen molar-refractivity contribution in [1.82, 2.24) is 10.2 Å². The lowest BCUT2D eigenvalue weighted by molar-refractivity contribution is 0.288. The molecule has 0 unspecified atom stereocenters. The minimum Gasteiger partial charge on any atom is -0.468 e. The first-order valence-corrected chi connectivity index (χ1v) is 6.24. The maximum Gasteiger partial charge on any atom is 0.117 e. The second-order valence-electron chi connectivity index (χ2n) is 4.27. The van der Waals surface area contributed by atoms with Crippen LogP contribution in [0, 0.1) is 0 Å². The van der Waals surface area contributed by atoms with Crippen LogP contribution in [0.4, 0.5) is 0 Å². The maximum absolute atomic E-state index is 5.31. The Morgan fingerprint density at radius 2 is 2.19 bits per heavy atom. The van der Waals surface area contributed by atoms with Crippen LogP contribution in [0.2, 0.25) is 0 Å². The lowest BCUT2D eigenvalue weighted by atomic mass is 10.3. The molecule has 0 fully saturated rings. The van der Waals surface area contributed by atoms with Crippen molar-refractivity contribution in [2.75, 3.05) is 26.7 Å². The molecule has 0 aliphatic rings. The van der Waals surface area contributed by atoms with E-state index in [1.165, 1.54) is 19.3 Å². The van der Waals surface area contributed by atoms with E-state index in [2.05, 4.69) is 24.2 Å². The summed E-state index contributed by atoms with van der Waals surface area (Å²) in [5, 5.41) is 3.42. The number of furan rings is 1. The molecular formula is C13H24N2O. The van der Waals surface area contributed by atoms with Crippen molar-refractivity contribution < 1.29 is 4.42 Å². The van der Waals surface area contributed by atoms with Gasteiger partial charge in [0.15, 0.2) is 0 Å². The fourth-order valence-corrected chi connectivity index (χ4v) is 1.68. The summed E-state index contributed by atoms with van der Waals surface area (Å²) in [6.45, 7) is 6.53. The number of hydrogen-bond donors (Lipinski definition) is 1. The van der Waals surface area contributed by atoms with Gasteiger partial charge >= 0.3 is 0 Å². The fourth-order valence-electron chi connectivity index (χ4n) is 1.68. The van der Waals surface area contributed by atoms with Crippen LogP contribution in [0.5, 0.6) is 0 Å². The zero-order valence-electron chi connectivity index (χ0n) is 10.5. The average Bonchev–Trinajstić information content (AvgIpc) is 2.76. The molecule has 0 bridgehead atoms. The SMILES string of the molecule is CCCNCCCCN(C)Cc1ccco1. The van der Waals surface area contributed by atoms with Crippen LogP contribution in [-0.2, 0) is 6.54 Å². The van der Waals surface area contributed by atoms with Gasteiger partial charge in [0.05, 0.1) is 12.8 Å². The quantitative estimate of drug-likeness (QED) is 0.653. The van der Waals surface area contributed by atoms with E-state index in [9.17, 15) is 0 Å². The van der Waals surface area contributed by atoms with Gasteiger partial charge in [0.25, 0.3) is 0 Å². The molecule has 1 rings (SSSR count). The molecular weight excluding hydrogens is 200 g/mol. The number of hydrogen-bond acceptors (Lipinski definition) is 3. The molecule has 1 heterocycles. The molecule has 0 aliphatic heterocycles. The average molecular weight is 224 g/mol. The molecule has 92 valence electrons. The van der Waals surface area contributed by atoms with Crippen LogP contribution in [0.3, 0.4) is 0 Å². The third-order valence-electron chi connectivity index (χ3n) is 2.58. The summed E-state index contributed by atoms with van der Waals surface area (Å²) in [6, 6.07) is 3.97. The molecule has 0 spiro atoms. The van der Waals surface area contributed by atoms with Crippen LogP contribution in [0.1, 0.15) is 31.9 Å². The standard InChI is InChI=1S/C13H24N2O/c1-3-8-14-9-4-5-10-15(2)12-13-7-6-11-16-13/h6-7,11,14H,3-5,8-10,12H2,1-2H3. The van der Waals surface area contributed by atoms with E-state index in [1.54, 1.807) is 6.26 Å². The highest BCUT2D eigenvalue weighted by atomic mass is 16.3. The van der Waals surface area contributed by atoms with Crippen molar-refractivity contribution in [3.8, 4) is 0 Å². The van der Waals surface area contributed by atoms with Gasteiger partial charge in [-0.15, -0.1) is 0 Å². The van der Waals surface area contributed by atoms with E-state index in [4.69, 9.17) is 4.42 Å². The van der Waals surface area contributed by atoms with Crippen molar-refractivity contribution in [1.29, 1.82) is 0 Å². The molecule has 1 N–H and O–H groups in total. The van der Waals surface area contributed by atoms with Gasteiger partial charge in [0.2, 0.25) is 0 Å². The lowest BCUT2D eigenvalue weighted by Crippen LogP contribution is -2.21. The number of nitrogens with one attached hydrogen (secondary N) is 1. The summed E-state index contributed by atoms with van der Waals surface area (Å²) in [4.78, 5) is 2.30. The van der Waals surface area contributed by atoms with E-state index < -0.39 is 0 Å². The van der Waals surface area contributed by atoms with Gasteiger partial charge < -0.3 is 9.73 Å². The first-order chi connectivity index (χ1) is 7.83. The van der Waals surface area contributed by atoms with Gasteiger partial charge in [-0.2, -0.15) is 0 Å². The number of rotatable bonds is 9. The van der Waals surface area contributed by atoms with Crippen molar-refractivity contribution in [2.45, 2.75) is 32.7 Å². The van der Waals surface area contributed by atoms with E-state index in [1.807, 2.05) is 12.1 Å². The van der Waals surface area contributed by atoms with Gasteiger partial charge in [-0.25, -0.2) is 0 Å². The van der Waals surface area contributed by atoms with Crippen molar-refractivity contribution in [2.24, 2.45) is 0 Å². The van der Waals surface area contributed by atoms with Crippen molar-refractivity contribution in [3.05, 3.63) is 24.2 Å². The summed E-state index contributed by atoms with van der Waals surface area (Å²) >= 11 is 0. The highest BCUT2D eigenvalue weighted by Crippen LogP contribution is 2.04. The predicted octanol–water partition coefficient (Wildman–Crippen LogP) is 2.49. The maximum atomic E-state index is 5.31. The zero-order valence-corrected chi connectivity index (χ0v) is 10.5. The molecule has 1 aromatic rings. The second kappa shape index (κ2) is 8.36. The third kappa shape index (κ3) is 5.93. The molecule has 0 aromatic carbocycles. The highest BCUT2D eigenvalue weighted by molar-refractivity contribution is 4.97. The van der Waals surface area contributed by atoms with Crippen molar-refractivity contribution in [3.63, 3.8) is 0 Å². The predicted molar refractivity (Wildman–Crippen MR) is 67.4 cm³/mol. The van der Waals surface area contributed by atoms with Crippen LogP contribution < -0.4 is 5.32 Å². The van der Waals surface area contributed by atoms with Crippen LogP contribution in [0.25, 0.3) is 0 Å². The first kappa shape index (κ1) is 13.3. The Bertz CT molecular complexity index is 246. The highest BCUT2D eigenvalue weighted by Gasteiger charge is 2.01. The monoisotopic (exact) mass is 224 g/mol. The van der Waals surface area contributed by atoms with Gasteiger partial charge in [-0.05, 0) is 58.1 Å². The van der Waals surface area contributed by atoms with E-state index in [-0.39, 0.29) is 0 Å². The topological polar surface area (TPSA) is 28.4 Å². The van der Waals surface area contributed by atoms with Gasteiger partial charge in [0, 0.05) is 0 Å². The second-order valence-corrected chi connectivity index (χ2v) is 4.27. The van der Waals surface area contributed by atoms with Crippen LogP contribution in [0.15, 0.2) is 22.8 Å². The molecule has 0 amide bonds. The summed E-state index contributed by atoms with van der Waals surface area (Å²) < 4.78 is 5.31. The first-order valence-electron chi connectivity index (χ1n) is 6.24. The summed E-state index contributed by atoms with van der Waals surface area (Å²) in [5.74, 6) is 1.05. The lowest BCUT2D eigenvalue weighted by Gasteiger charge is -2.14. The van der Waals surface area contributed by atoms with E-state index >= 15 is 0 Å². The van der Waals surface area contributed by atoms with E-state index in [0.717, 1.165) is 31.9 Å². The molecule has 0 radical (unpaired) electrons. The van der Waals surface area contributed by atoms with Gasteiger partial charge in [-0.1, -0.05) is 6.92 Å². The van der Waals surface area contributed by atoms with Gasteiger partial charge in [0.1, 0.15) is 5.76 Å². The normalized spacial score (nSPS) is 11.2. The Labute approximate surface area is 98.8 Å². The third-order valence-corrected chi connectivity index (χ3v) is 2.58. The minimum absolute atomic E-state index is 0.912. The van der Waals surface area contributed by atoms with Crippen LogP contribution >= 0.6 is 0 Å². The molecule has 0 saturated carbocycles. The fraction of sp³-hybridized carbons (Fsp3) is 0.692. The number of nitrogens with zero attached hydrogens (tertiary/aromatic N) is 1. The Morgan fingerprint density at radius 1 is 1.31 bits per heavy atom. The van der Waals surface area contributed by atoms with Gasteiger partial charge in [-0.3, -0.25) is 4.90 Å². The van der Waals surface area contributed by atoms with Crippen molar-refractivity contribution >= 4 is 0 Å². The molecule has 0 aliphatic carbocycles. The van der Waals surface area contributed by atoms with Crippen LogP contribution in [-0.4, -0.2) is 31.6 Å². The molecule has 3 heteroatoms. The Morgan fingerprint density at radius 3 is 2.88 bits per heavy atom. The zero-order chi connectivity index (χ0) is 11.6. The number of unbranched alkanes of at least 4 members (excludes halogenated alkanes) is 1. The Kier molecular flexibility index (Phi) is 6.93. The molecule has 16 heavy (non-hydrogen) atoms. The molecule has 3 nitrogen and oxygen atoms in total. The molecule has 1 aromatic heterocycles. The van der Waals surface area contributed by atoms with E-state index in [0.29, 0.717) is 0 Å². The molecule has 0 atom stereocenters. The summed E-state index contributed by atoms with van der Waals surface area (Å²) in [5.41, 5.74) is 0. The smallest absolute Gasteiger partial charge is 0.117 e. The summed E-state index contributed by atoms with van der Waals surface area (Å²) in [6.07, 6.45) is 5.45. The molecule has 0 saturated heterocycles. The Balaban J connectivity index is 1.96. The Hall–Kier alpha value is -0.800. The summed E-state index contributed by atoms with van der Waals surface area (Å²) in [7, 11) is 2.14. The largest absolute Gasteiger partial charge is 0.468 e. The minimum atomic E-state index is 0.912.